The highest BCUT2D eigenvalue weighted by atomic mass is 19.4. The maximum absolute atomic E-state index is 11.8. The third-order valence-electron chi connectivity index (χ3n) is 1.50. The second-order valence-corrected chi connectivity index (χ2v) is 2.61. The molecule has 0 aromatic heterocycles. The quantitative estimate of drug-likeness (QED) is 0.540. The van der Waals surface area contributed by atoms with E-state index in [1.807, 2.05) is 0 Å². The van der Waals surface area contributed by atoms with Crippen LogP contribution in [0.2, 0.25) is 0 Å². The van der Waals surface area contributed by atoms with Crippen molar-refractivity contribution >= 4 is 6.98 Å². The van der Waals surface area contributed by atoms with Crippen LogP contribution in [-0.2, 0) is 4.74 Å². The van der Waals surface area contributed by atoms with Gasteiger partial charge in [-0.05, 0) is 12.8 Å². The van der Waals surface area contributed by atoms with Gasteiger partial charge in [0, 0.05) is 6.61 Å². The first-order chi connectivity index (χ1) is 5.08. The molecule has 1 heterocycles. The van der Waals surface area contributed by atoms with Crippen LogP contribution in [0.25, 0.3) is 0 Å². The summed E-state index contributed by atoms with van der Waals surface area (Å²) in [5.41, 5.74) is 0.378. The number of halogens is 3. The van der Waals surface area contributed by atoms with Gasteiger partial charge in [0.05, 0.1) is 6.61 Å². The Morgan fingerprint density at radius 2 is 2.09 bits per heavy atom. The first kappa shape index (κ1) is 8.65. The second-order valence-electron chi connectivity index (χ2n) is 2.61. The maximum atomic E-state index is 11.8. The molecule has 0 N–H and O–H groups in total. The molecule has 0 aliphatic carbocycles. The molecule has 0 aromatic rings. The van der Waals surface area contributed by atoms with Gasteiger partial charge < -0.3 is 17.7 Å². The fraction of sp³-hybridized carbons (Fsp3) is 0.667. The summed E-state index contributed by atoms with van der Waals surface area (Å²) in [6.07, 6.45) is 1.24. The summed E-state index contributed by atoms with van der Waals surface area (Å²) < 4.78 is 40.2. The van der Waals surface area contributed by atoms with Gasteiger partial charge in [-0.15, -0.1) is 5.98 Å². The van der Waals surface area contributed by atoms with Gasteiger partial charge >= 0.3 is 6.98 Å². The van der Waals surface area contributed by atoms with Gasteiger partial charge in [-0.1, -0.05) is 5.57 Å². The lowest BCUT2D eigenvalue weighted by molar-refractivity contribution is 0.130. The van der Waals surface area contributed by atoms with E-state index in [9.17, 15) is 12.9 Å². The van der Waals surface area contributed by atoms with Crippen LogP contribution >= 0.6 is 0 Å². The lowest BCUT2D eigenvalue weighted by Crippen LogP contribution is -2.16. The monoisotopic (exact) mass is 165 g/mol. The summed E-state index contributed by atoms with van der Waals surface area (Å²) in [7, 11) is 0. The van der Waals surface area contributed by atoms with Crippen molar-refractivity contribution in [3.63, 3.8) is 0 Å². The van der Waals surface area contributed by atoms with Crippen LogP contribution in [0.15, 0.2) is 11.5 Å². The number of rotatable bonds is 1. The van der Waals surface area contributed by atoms with Crippen molar-refractivity contribution in [2.24, 2.45) is 0 Å². The number of hydrogen-bond donors (Lipinski definition) is 0. The van der Waals surface area contributed by atoms with Crippen LogP contribution in [0.3, 0.4) is 0 Å². The highest BCUT2D eigenvalue weighted by Crippen LogP contribution is 2.18. The highest BCUT2D eigenvalue weighted by molar-refractivity contribution is 6.64. The minimum atomic E-state index is -4.77. The molecular weight excluding hydrogens is 156 g/mol. The Morgan fingerprint density at radius 3 is 2.55 bits per heavy atom. The number of hydrogen-bond acceptors (Lipinski definition) is 1. The molecule has 5 heteroatoms. The van der Waals surface area contributed by atoms with Crippen LogP contribution in [0, 0.1) is 0 Å². The van der Waals surface area contributed by atoms with E-state index in [1.54, 1.807) is 0 Å². The number of ether oxygens (including phenoxy) is 1. The first-order valence-corrected chi connectivity index (χ1v) is 3.56. The van der Waals surface area contributed by atoms with E-state index >= 15 is 0 Å². The van der Waals surface area contributed by atoms with Crippen molar-refractivity contribution in [3.05, 3.63) is 11.5 Å². The second kappa shape index (κ2) is 3.30. The molecule has 1 saturated heterocycles. The van der Waals surface area contributed by atoms with E-state index in [2.05, 4.69) is 0 Å². The maximum Gasteiger partial charge on any atom is 0.502 e. The Balaban J connectivity index is 2.50. The summed E-state index contributed by atoms with van der Waals surface area (Å²) in [5.74, 6) is 0.402. The summed E-state index contributed by atoms with van der Waals surface area (Å²) in [6, 6.07) is 0. The molecule has 0 spiro atoms. The van der Waals surface area contributed by atoms with E-state index < -0.39 is 6.98 Å². The van der Waals surface area contributed by atoms with Crippen LogP contribution in [0.1, 0.15) is 12.8 Å². The summed E-state index contributed by atoms with van der Waals surface area (Å²) in [5, 5.41) is 0. The summed E-state index contributed by atoms with van der Waals surface area (Å²) in [6.45, 7) is -4.03. The van der Waals surface area contributed by atoms with Gasteiger partial charge in [0.2, 0.25) is 0 Å². The molecule has 0 aromatic carbocycles. The van der Waals surface area contributed by atoms with Gasteiger partial charge in [0.15, 0.2) is 0 Å². The Hall–Kier alpha value is -0.445. The smallest absolute Gasteiger partial charge is 0.445 e. The SMILES string of the molecule is F[B-](F)(F)/C=C1/CCCOC1. The normalized spacial score (nSPS) is 24.1. The molecule has 0 saturated carbocycles. The molecule has 0 radical (unpaired) electrons. The average molecular weight is 165 g/mol. The lowest BCUT2D eigenvalue weighted by atomic mass is 9.87. The van der Waals surface area contributed by atoms with Crippen molar-refractivity contribution in [3.8, 4) is 0 Å². The third-order valence-corrected chi connectivity index (χ3v) is 1.50. The molecular formula is C6H9BF3O-. The van der Waals surface area contributed by atoms with Crippen molar-refractivity contribution in [1.82, 2.24) is 0 Å². The zero-order valence-corrected chi connectivity index (χ0v) is 6.03. The van der Waals surface area contributed by atoms with Gasteiger partial charge in [-0.2, -0.15) is 0 Å². The zero-order valence-electron chi connectivity index (χ0n) is 6.03. The Bertz CT molecular complexity index is 156. The molecule has 1 aliphatic heterocycles. The third kappa shape index (κ3) is 3.46. The largest absolute Gasteiger partial charge is 0.502 e. The first-order valence-electron chi connectivity index (χ1n) is 3.56. The Morgan fingerprint density at radius 1 is 1.36 bits per heavy atom. The van der Waals surface area contributed by atoms with E-state index in [0.717, 1.165) is 0 Å². The zero-order chi connectivity index (χ0) is 8.32. The Kier molecular flexibility index (Phi) is 2.60. The predicted molar refractivity (Wildman–Crippen MR) is 37.2 cm³/mol. The average Bonchev–Trinajstić information content (AvgIpc) is 1.85. The van der Waals surface area contributed by atoms with Crippen LogP contribution in [-0.4, -0.2) is 20.2 Å². The topological polar surface area (TPSA) is 9.23 Å². The van der Waals surface area contributed by atoms with E-state index in [0.29, 0.717) is 31.0 Å². The van der Waals surface area contributed by atoms with Gasteiger partial charge in [0.25, 0.3) is 0 Å². The lowest BCUT2D eigenvalue weighted by Gasteiger charge is -2.18. The fourth-order valence-electron chi connectivity index (χ4n) is 1.08. The molecule has 1 aliphatic rings. The van der Waals surface area contributed by atoms with E-state index in [4.69, 9.17) is 4.74 Å². The minimum absolute atomic E-state index is 0.154. The molecule has 1 fully saturated rings. The van der Waals surface area contributed by atoms with Gasteiger partial charge in [0.1, 0.15) is 0 Å². The minimum Gasteiger partial charge on any atom is -0.445 e. The molecule has 0 bridgehead atoms. The standard InChI is InChI=1S/C6H9BF3O/c8-7(9,10)4-6-2-1-3-11-5-6/h4H,1-3,5H2/q-1/b6-4-. The molecule has 64 valence electrons. The Labute approximate surface area is 63.3 Å². The molecule has 1 rings (SSSR count). The van der Waals surface area contributed by atoms with Crippen molar-refractivity contribution < 1.29 is 17.7 Å². The van der Waals surface area contributed by atoms with E-state index in [-0.39, 0.29) is 6.61 Å². The van der Waals surface area contributed by atoms with Crippen LogP contribution < -0.4 is 0 Å². The van der Waals surface area contributed by atoms with Gasteiger partial charge in [-0.25, -0.2) is 0 Å². The predicted octanol–water partition coefficient (Wildman–Crippen LogP) is 2.11. The van der Waals surface area contributed by atoms with Crippen LogP contribution in [0.4, 0.5) is 12.9 Å². The summed E-state index contributed by atoms with van der Waals surface area (Å²) in [4.78, 5) is 0. The van der Waals surface area contributed by atoms with Gasteiger partial charge in [-0.3, -0.25) is 0 Å². The molecule has 0 amide bonds. The molecule has 0 atom stereocenters. The van der Waals surface area contributed by atoms with Crippen molar-refractivity contribution in [2.45, 2.75) is 12.8 Å². The molecule has 1 nitrogen and oxygen atoms in total. The molecule has 0 unspecified atom stereocenters. The molecule has 11 heavy (non-hydrogen) atoms. The fourth-order valence-corrected chi connectivity index (χ4v) is 1.08. The summed E-state index contributed by atoms with van der Waals surface area (Å²) >= 11 is 0. The van der Waals surface area contributed by atoms with Crippen molar-refractivity contribution in [1.29, 1.82) is 0 Å². The van der Waals surface area contributed by atoms with Crippen LogP contribution in [0.5, 0.6) is 0 Å². The highest BCUT2D eigenvalue weighted by Gasteiger charge is 2.20. The van der Waals surface area contributed by atoms with E-state index in [1.165, 1.54) is 0 Å². The van der Waals surface area contributed by atoms with Crippen molar-refractivity contribution in [2.75, 3.05) is 13.2 Å².